The summed E-state index contributed by atoms with van der Waals surface area (Å²) in [5, 5.41) is 6.73. The topological polar surface area (TPSA) is 75.4 Å². The molecule has 0 atom stereocenters. The average molecular weight is 303 g/mol. The second kappa shape index (κ2) is 5.98. The number of carbonyl (C=O) groups excluding carboxylic acids is 1. The minimum atomic E-state index is -0.575. The van der Waals surface area contributed by atoms with Gasteiger partial charge in [-0.3, -0.25) is 0 Å². The first-order chi connectivity index (χ1) is 10.5. The summed E-state index contributed by atoms with van der Waals surface area (Å²) in [6.45, 7) is 5.61. The van der Waals surface area contributed by atoms with Gasteiger partial charge in [0.2, 0.25) is 0 Å². The number of carbonyl (C=O) groups is 1. The second-order valence-corrected chi connectivity index (χ2v) is 5.72. The molecule has 1 fully saturated rings. The Balaban J connectivity index is 1.51. The molecular weight excluding hydrogens is 282 g/mol. The standard InChI is InChI=1S/C16H21N3O3/c1-11-9-12-10-13(3-4-14(12)18-11)19-15(20)17-6-5-16(2)21-7-8-22-16/h3-4,9-10,18H,5-8H2,1-2H3,(H2,17,19,20). The number of aromatic amines is 1. The molecule has 2 amide bonds. The first-order valence-electron chi connectivity index (χ1n) is 7.46. The minimum absolute atomic E-state index is 0.229. The van der Waals surface area contributed by atoms with Gasteiger partial charge in [-0.2, -0.15) is 0 Å². The molecule has 1 aliphatic heterocycles. The maximum Gasteiger partial charge on any atom is 0.319 e. The van der Waals surface area contributed by atoms with E-state index in [4.69, 9.17) is 9.47 Å². The number of nitrogens with one attached hydrogen (secondary N) is 3. The number of hydrogen-bond acceptors (Lipinski definition) is 3. The van der Waals surface area contributed by atoms with Crippen molar-refractivity contribution in [2.75, 3.05) is 25.1 Å². The molecule has 0 bridgehead atoms. The van der Waals surface area contributed by atoms with Crippen molar-refractivity contribution in [3.8, 4) is 0 Å². The van der Waals surface area contributed by atoms with Gasteiger partial charge in [0.1, 0.15) is 0 Å². The molecule has 1 aliphatic rings. The molecule has 6 nitrogen and oxygen atoms in total. The lowest BCUT2D eigenvalue weighted by molar-refractivity contribution is -0.145. The van der Waals surface area contributed by atoms with Crippen molar-refractivity contribution in [1.82, 2.24) is 10.3 Å². The van der Waals surface area contributed by atoms with E-state index in [9.17, 15) is 4.79 Å². The molecule has 2 aromatic rings. The smallest absolute Gasteiger partial charge is 0.319 e. The fraction of sp³-hybridized carbons (Fsp3) is 0.438. The first-order valence-corrected chi connectivity index (χ1v) is 7.46. The Morgan fingerprint density at radius 2 is 2.09 bits per heavy atom. The highest BCUT2D eigenvalue weighted by atomic mass is 16.7. The average Bonchev–Trinajstić information content (AvgIpc) is 3.03. The monoisotopic (exact) mass is 303 g/mol. The third-order valence-corrected chi connectivity index (χ3v) is 3.78. The molecule has 3 N–H and O–H groups in total. The summed E-state index contributed by atoms with van der Waals surface area (Å²) < 4.78 is 11.0. The molecule has 118 valence electrons. The summed E-state index contributed by atoms with van der Waals surface area (Å²) in [7, 11) is 0. The molecule has 0 spiro atoms. The summed E-state index contributed by atoms with van der Waals surface area (Å²) in [5.74, 6) is -0.575. The quantitative estimate of drug-likeness (QED) is 0.813. The third kappa shape index (κ3) is 3.40. The van der Waals surface area contributed by atoms with E-state index in [1.807, 2.05) is 38.1 Å². The molecule has 22 heavy (non-hydrogen) atoms. The van der Waals surface area contributed by atoms with E-state index in [2.05, 4.69) is 15.6 Å². The van der Waals surface area contributed by atoms with E-state index in [-0.39, 0.29) is 6.03 Å². The Labute approximate surface area is 129 Å². The van der Waals surface area contributed by atoms with E-state index in [1.165, 1.54) is 0 Å². The number of amides is 2. The van der Waals surface area contributed by atoms with Crippen molar-refractivity contribution in [3.05, 3.63) is 30.0 Å². The van der Waals surface area contributed by atoms with Crippen LogP contribution in [0.2, 0.25) is 0 Å². The van der Waals surface area contributed by atoms with Gasteiger partial charge in [0.15, 0.2) is 5.79 Å². The molecular formula is C16H21N3O3. The highest BCUT2D eigenvalue weighted by Crippen LogP contribution is 2.22. The zero-order valence-electron chi connectivity index (χ0n) is 12.9. The van der Waals surface area contributed by atoms with Crippen LogP contribution in [0, 0.1) is 6.92 Å². The summed E-state index contributed by atoms with van der Waals surface area (Å²) in [6, 6.07) is 7.60. The highest BCUT2D eigenvalue weighted by molar-refractivity contribution is 5.92. The molecule has 2 heterocycles. The molecule has 0 radical (unpaired) electrons. The van der Waals surface area contributed by atoms with Gasteiger partial charge >= 0.3 is 6.03 Å². The normalized spacial score (nSPS) is 16.8. The molecule has 0 saturated carbocycles. The summed E-state index contributed by atoms with van der Waals surface area (Å²) in [6.07, 6.45) is 0.621. The number of rotatable bonds is 4. The Morgan fingerprint density at radius 1 is 1.32 bits per heavy atom. The van der Waals surface area contributed by atoms with Crippen molar-refractivity contribution >= 4 is 22.6 Å². The largest absolute Gasteiger partial charge is 0.359 e. The van der Waals surface area contributed by atoms with E-state index >= 15 is 0 Å². The fourth-order valence-corrected chi connectivity index (χ4v) is 2.64. The van der Waals surface area contributed by atoms with Gasteiger partial charge < -0.3 is 25.1 Å². The maximum atomic E-state index is 11.9. The van der Waals surface area contributed by atoms with E-state index in [1.54, 1.807) is 0 Å². The fourth-order valence-electron chi connectivity index (χ4n) is 2.64. The predicted octanol–water partition coefficient (Wildman–Crippen LogP) is 2.75. The molecule has 3 rings (SSSR count). The van der Waals surface area contributed by atoms with Crippen LogP contribution in [0.5, 0.6) is 0 Å². The Morgan fingerprint density at radius 3 is 2.86 bits per heavy atom. The van der Waals surface area contributed by atoms with Crippen molar-refractivity contribution in [2.24, 2.45) is 0 Å². The molecule has 0 unspecified atom stereocenters. The lowest BCUT2D eigenvalue weighted by atomic mass is 10.2. The van der Waals surface area contributed by atoms with Gasteiger partial charge in [0, 0.05) is 35.2 Å². The van der Waals surface area contributed by atoms with Crippen LogP contribution in [0.25, 0.3) is 10.9 Å². The van der Waals surface area contributed by atoms with Crippen molar-refractivity contribution < 1.29 is 14.3 Å². The molecule has 1 aromatic carbocycles. The molecule has 1 aromatic heterocycles. The number of hydrogen-bond donors (Lipinski definition) is 3. The lowest BCUT2D eigenvalue weighted by Crippen LogP contribution is -2.35. The van der Waals surface area contributed by atoms with Gasteiger partial charge in [-0.15, -0.1) is 0 Å². The SMILES string of the molecule is Cc1cc2cc(NC(=O)NCCC3(C)OCCO3)ccc2[nH]1. The van der Waals surface area contributed by atoms with Gasteiger partial charge in [0.05, 0.1) is 13.2 Å². The maximum absolute atomic E-state index is 11.9. The van der Waals surface area contributed by atoms with Crippen LogP contribution in [-0.4, -0.2) is 36.6 Å². The third-order valence-electron chi connectivity index (χ3n) is 3.78. The number of H-pyrrole nitrogens is 1. The van der Waals surface area contributed by atoms with Crippen LogP contribution in [0.15, 0.2) is 24.3 Å². The van der Waals surface area contributed by atoms with Crippen LogP contribution in [0.4, 0.5) is 10.5 Å². The second-order valence-electron chi connectivity index (χ2n) is 5.72. The van der Waals surface area contributed by atoms with Gasteiger partial charge in [-0.05, 0) is 38.1 Å². The van der Waals surface area contributed by atoms with Crippen LogP contribution in [0.1, 0.15) is 19.0 Å². The highest BCUT2D eigenvalue weighted by Gasteiger charge is 2.30. The molecule has 1 saturated heterocycles. The number of ether oxygens (including phenoxy) is 2. The van der Waals surface area contributed by atoms with Gasteiger partial charge in [-0.25, -0.2) is 4.79 Å². The van der Waals surface area contributed by atoms with Crippen LogP contribution in [0.3, 0.4) is 0 Å². The number of urea groups is 1. The number of aryl methyl sites for hydroxylation is 1. The summed E-state index contributed by atoms with van der Waals surface area (Å²) >= 11 is 0. The number of benzene rings is 1. The van der Waals surface area contributed by atoms with Gasteiger partial charge in [-0.1, -0.05) is 0 Å². The summed E-state index contributed by atoms with van der Waals surface area (Å²) in [4.78, 5) is 15.2. The van der Waals surface area contributed by atoms with Crippen molar-refractivity contribution in [3.63, 3.8) is 0 Å². The zero-order valence-corrected chi connectivity index (χ0v) is 12.9. The number of aromatic nitrogens is 1. The number of fused-ring (bicyclic) bond motifs is 1. The Bertz CT molecular complexity index is 674. The minimum Gasteiger partial charge on any atom is -0.359 e. The Hall–Kier alpha value is -2.05. The van der Waals surface area contributed by atoms with Crippen molar-refractivity contribution in [1.29, 1.82) is 0 Å². The summed E-state index contributed by atoms with van der Waals surface area (Å²) in [5.41, 5.74) is 2.93. The van der Waals surface area contributed by atoms with Crippen LogP contribution in [-0.2, 0) is 9.47 Å². The zero-order chi connectivity index (χ0) is 15.6. The van der Waals surface area contributed by atoms with E-state index in [0.29, 0.717) is 26.2 Å². The van der Waals surface area contributed by atoms with E-state index in [0.717, 1.165) is 22.3 Å². The predicted molar refractivity (Wildman–Crippen MR) is 85.0 cm³/mol. The van der Waals surface area contributed by atoms with Crippen molar-refractivity contribution in [2.45, 2.75) is 26.1 Å². The van der Waals surface area contributed by atoms with E-state index < -0.39 is 5.79 Å². The number of anilines is 1. The van der Waals surface area contributed by atoms with Crippen LogP contribution >= 0.6 is 0 Å². The molecule has 0 aliphatic carbocycles. The van der Waals surface area contributed by atoms with Crippen LogP contribution < -0.4 is 10.6 Å². The first kappa shape index (κ1) is 14.9. The van der Waals surface area contributed by atoms with Gasteiger partial charge in [0.25, 0.3) is 0 Å². The lowest BCUT2D eigenvalue weighted by Gasteiger charge is -2.22. The Kier molecular flexibility index (Phi) is 4.04. The molecule has 6 heteroatoms.